The van der Waals surface area contributed by atoms with Gasteiger partial charge in [-0.25, -0.2) is 9.50 Å². The number of imidazole rings is 1. The van der Waals surface area contributed by atoms with Gasteiger partial charge in [0.05, 0.1) is 23.2 Å². The summed E-state index contributed by atoms with van der Waals surface area (Å²) in [5.41, 5.74) is 4.06. The Morgan fingerprint density at radius 1 is 1.26 bits per heavy atom. The molecule has 11 heteroatoms. The van der Waals surface area contributed by atoms with Crippen LogP contribution in [0.2, 0.25) is 0 Å². The molecule has 1 aliphatic heterocycles. The number of rotatable bonds is 3. The second-order valence-electron chi connectivity index (χ2n) is 7.31. The van der Waals surface area contributed by atoms with Gasteiger partial charge in [0.1, 0.15) is 11.7 Å². The highest BCUT2D eigenvalue weighted by atomic mass is 16.4. The van der Waals surface area contributed by atoms with E-state index >= 15 is 0 Å². The molecule has 0 fully saturated rings. The van der Waals surface area contributed by atoms with E-state index in [1.165, 1.54) is 0 Å². The standard InChI is InChI=1S/C20H17N9O2/c1-27-15(5-7-23-27)18-24-25-19(31-18)20(30)28-9-6-13-16(22-11-21-13)17(28)14-10-12-4-2-3-8-29(12)26-14/h2-5,7-8,10-11,17H,6,9H2,1H3,(H,21,22). The maximum atomic E-state index is 13.4. The molecule has 154 valence electrons. The van der Waals surface area contributed by atoms with Crippen LogP contribution in [-0.4, -0.2) is 56.9 Å². The molecule has 11 nitrogen and oxygen atoms in total. The van der Waals surface area contributed by atoms with Crippen molar-refractivity contribution < 1.29 is 9.21 Å². The van der Waals surface area contributed by atoms with Crippen LogP contribution in [-0.2, 0) is 13.5 Å². The molecule has 1 aliphatic rings. The molecule has 1 unspecified atom stereocenters. The van der Waals surface area contributed by atoms with Gasteiger partial charge in [-0.3, -0.25) is 9.48 Å². The minimum atomic E-state index is -0.463. The van der Waals surface area contributed by atoms with Crippen molar-refractivity contribution >= 4 is 11.4 Å². The number of aryl methyl sites for hydroxylation is 1. The highest BCUT2D eigenvalue weighted by molar-refractivity contribution is 5.90. The van der Waals surface area contributed by atoms with Crippen molar-refractivity contribution in [2.45, 2.75) is 12.5 Å². The molecule has 5 aromatic heterocycles. The summed E-state index contributed by atoms with van der Waals surface area (Å²) >= 11 is 0. The number of aromatic amines is 1. The molecule has 31 heavy (non-hydrogen) atoms. The smallest absolute Gasteiger partial charge is 0.312 e. The predicted molar refractivity (Wildman–Crippen MR) is 107 cm³/mol. The van der Waals surface area contributed by atoms with Gasteiger partial charge in [0.25, 0.3) is 5.89 Å². The number of amides is 1. The van der Waals surface area contributed by atoms with E-state index in [1.54, 1.807) is 39.7 Å². The molecule has 0 bridgehead atoms. The molecule has 0 saturated heterocycles. The molecule has 5 aromatic rings. The topological polar surface area (TPSA) is 123 Å². The second-order valence-corrected chi connectivity index (χ2v) is 7.31. The fourth-order valence-electron chi connectivity index (χ4n) is 4.01. The van der Waals surface area contributed by atoms with Crippen LogP contribution in [0, 0.1) is 0 Å². The van der Waals surface area contributed by atoms with Gasteiger partial charge in [-0.1, -0.05) is 6.07 Å². The van der Waals surface area contributed by atoms with E-state index in [4.69, 9.17) is 4.42 Å². The SMILES string of the molecule is Cn1nccc1-c1nnc(C(=O)N2CCc3[nH]cnc3C2c2cc3ccccn3n2)o1. The number of hydrogen-bond donors (Lipinski definition) is 1. The number of nitrogens with zero attached hydrogens (tertiary/aromatic N) is 8. The number of carbonyl (C=O) groups excluding carboxylic acids is 1. The Hall–Kier alpha value is -4.28. The monoisotopic (exact) mass is 415 g/mol. The lowest BCUT2D eigenvalue weighted by Crippen LogP contribution is -2.41. The highest BCUT2D eigenvalue weighted by Gasteiger charge is 2.38. The normalized spacial score (nSPS) is 16.0. The average Bonchev–Trinajstić information content (AvgIpc) is 3.57. The van der Waals surface area contributed by atoms with Crippen LogP contribution in [0.4, 0.5) is 0 Å². The van der Waals surface area contributed by atoms with Gasteiger partial charge in [0.15, 0.2) is 0 Å². The van der Waals surface area contributed by atoms with Crippen molar-refractivity contribution in [3.05, 3.63) is 72.0 Å². The molecule has 6 heterocycles. The quantitative estimate of drug-likeness (QED) is 0.475. The summed E-state index contributed by atoms with van der Waals surface area (Å²) < 4.78 is 9.10. The van der Waals surface area contributed by atoms with Crippen molar-refractivity contribution in [2.24, 2.45) is 7.05 Å². The molecule has 1 N–H and O–H groups in total. The number of H-pyrrole nitrogens is 1. The van der Waals surface area contributed by atoms with E-state index in [9.17, 15) is 4.79 Å². The lowest BCUT2D eigenvalue weighted by molar-refractivity contribution is 0.0646. The Bertz CT molecular complexity index is 1380. The number of aromatic nitrogens is 8. The van der Waals surface area contributed by atoms with Crippen molar-refractivity contribution in [1.29, 1.82) is 0 Å². The third-order valence-electron chi connectivity index (χ3n) is 5.50. The molecular weight excluding hydrogens is 398 g/mol. The van der Waals surface area contributed by atoms with E-state index < -0.39 is 6.04 Å². The maximum absolute atomic E-state index is 13.4. The molecule has 6 rings (SSSR count). The summed E-state index contributed by atoms with van der Waals surface area (Å²) in [5.74, 6) is -0.203. The first-order valence-electron chi connectivity index (χ1n) is 9.78. The number of carbonyl (C=O) groups is 1. The second kappa shape index (κ2) is 6.62. The molecule has 0 radical (unpaired) electrons. The molecule has 1 amide bonds. The van der Waals surface area contributed by atoms with E-state index in [0.717, 1.165) is 22.6 Å². The number of fused-ring (bicyclic) bond motifs is 2. The van der Waals surface area contributed by atoms with E-state index in [0.29, 0.717) is 18.7 Å². The van der Waals surface area contributed by atoms with Crippen LogP contribution in [0.1, 0.15) is 33.8 Å². The Morgan fingerprint density at radius 3 is 3.03 bits per heavy atom. The van der Waals surface area contributed by atoms with Crippen LogP contribution in [0.25, 0.3) is 17.1 Å². The summed E-state index contributed by atoms with van der Waals surface area (Å²) in [5, 5.41) is 16.8. The number of nitrogens with one attached hydrogen (secondary N) is 1. The van der Waals surface area contributed by atoms with Gasteiger partial charge in [0.2, 0.25) is 0 Å². The van der Waals surface area contributed by atoms with Gasteiger partial charge in [-0.2, -0.15) is 10.2 Å². The molecule has 0 aliphatic carbocycles. The Labute approximate surface area is 175 Å². The molecule has 0 spiro atoms. The van der Waals surface area contributed by atoms with E-state index in [1.807, 2.05) is 30.5 Å². The fourth-order valence-corrected chi connectivity index (χ4v) is 4.01. The minimum absolute atomic E-state index is 0.0797. The third kappa shape index (κ3) is 2.74. The van der Waals surface area contributed by atoms with Crippen LogP contribution >= 0.6 is 0 Å². The Balaban J connectivity index is 1.41. The highest BCUT2D eigenvalue weighted by Crippen LogP contribution is 2.34. The first kappa shape index (κ1) is 17.6. The van der Waals surface area contributed by atoms with E-state index in [2.05, 4.69) is 30.4 Å². The summed E-state index contributed by atoms with van der Waals surface area (Å²) in [6.07, 6.45) is 5.80. The summed E-state index contributed by atoms with van der Waals surface area (Å²) in [4.78, 5) is 22.8. The van der Waals surface area contributed by atoms with Crippen LogP contribution in [0.5, 0.6) is 0 Å². The van der Waals surface area contributed by atoms with Gasteiger partial charge in [-0.15, -0.1) is 10.2 Å². The first-order chi connectivity index (χ1) is 15.2. The van der Waals surface area contributed by atoms with Gasteiger partial charge in [-0.05, 0) is 24.3 Å². The van der Waals surface area contributed by atoms with Crippen LogP contribution in [0.15, 0.2) is 53.5 Å². The number of hydrogen-bond acceptors (Lipinski definition) is 7. The zero-order chi connectivity index (χ0) is 20.9. The Morgan fingerprint density at radius 2 is 2.19 bits per heavy atom. The van der Waals surface area contributed by atoms with Crippen molar-refractivity contribution in [3.63, 3.8) is 0 Å². The van der Waals surface area contributed by atoms with Crippen molar-refractivity contribution in [2.75, 3.05) is 6.54 Å². The maximum Gasteiger partial charge on any atom is 0.312 e. The average molecular weight is 415 g/mol. The van der Waals surface area contributed by atoms with Gasteiger partial charge in [0, 0.05) is 38.1 Å². The van der Waals surface area contributed by atoms with Crippen molar-refractivity contribution in [3.8, 4) is 11.6 Å². The predicted octanol–water partition coefficient (Wildman–Crippen LogP) is 1.63. The zero-order valence-electron chi connectivity index (χ0n) is 16.5. The number of pyridine rings is 1. The fraction of sp³-hybridized carbons (Fsp3) is 0.200. The van der Waals surface area contributed by atoms with Gasteiger partial charge < -0.3 is 14.3 Å². The lowest BCUT2D eigenvalue weighted by Gasteiger charge is -2.32. The molecular formula is C20H17N9O2. The van der Waals surface area contributed by atoms with Crippen LogP contribution in [0.3, 0.4) is 0 Å². The van der Waals surface area contributed by atoms with E-state index in [-0.39, 0.29) is 17.7 Å². The zero-order valence-corrected chi connectivity index (χ0v) is 16.5. The largest absolute Gasteiger partial charge is 0.411 e. The molecule has 0 aromatic carbocycles. The summed E-state index contributed by atoms with van der Waals surface area (Å²) in [6, 6.07) is 9.07. The molecule has 0 saturated carbocycles. The minimum Gasteiger partial charge on any atom is -0.411 e. The summed E-state index contributed by atoms with van der Waals surface area (Å²) in [6.45, 7) is 0.468. The van der Waals surface area contributed by atoms with Gasteiger partial charge >= 0.3 is 11.8 Å². The van der Waals surface area contributed by atoms with Crippen LogP contribution < -0.4 is 0 Å². The first-order valence-corrected chi connectivity index (χ1v) is 9.78. The summed E-state index contributed by atoms with van der Waals surface area (Å²) in [7, 11) is 1.77. The third-order valence-corrected chi connectivity index (χ3v) is 5.50. The molecule has 1 atom stereocenters. The van der Waals surface area contributed by atoms with Crippen molar-refractivity contribution in [1.82, 2.24) is 44.5 Å². The lowest BCUT2D eigenvalue weighted by atomic mass is 9.99. The Kier molecular flexibility index (Phi) is 3.75.